The molecule has 160 valence electrons. The van der Waals surface area contributed by atoms with Crippen LogP contribution in [0.25, 0.3) is 0 Å². The van der Waals surface area contributed by atoms with Crippen LogP contribution in [0.2, 0.25) is 0 Å². The first kappa shape index (κ1) is 20.3. The highest BCUT2D eigenvalue weighted by molar-refractivity contribution is 5.50. The SMILES string of the molecule is COc1ccc2c(c1)C(OC)(c1ccccc1)OC21CCN(Cc2ccccc2)CC1. The summed E-state index contributed by atoms with van der Waals surface area (Å²) in [7, 11) is 3.44. The molecule has 0 N–H and O–H groups in total. The zero-order valence-corrected chi connectivity index (χ0v) is 18.2. The summed E-state index contributed by atoms with van der Waals surface area (Å²) in [6.45, 7) is 2.93. The van der Waals surface area contributed by atoms with E-state index in [1.807, 2.05) is 24.3 Å². The minimum absolute atomic E-state index is 0.360. The van der Waals surface area contributed by atoms with Gasteiger partial charge in [0, 0.05) is 37.9 Å². The van der Waals surface area contributed by atoms with E-state index in [1.54, 1.807) is 14.2 Å². The second-order valence-corrected chi connectivity index (χ2v) is 8.46. The molecule has 0 aromatic heterocycles. The van der Waals surface area contributed by atoms with E-state index in [0.29, 0.717) is 0 Å². The number of nitrogens with zero attached hydrogens (tertiary/aromatic N) is 1. The Kier molecular flexibility index (Phi) is 5.30. The van der Waals surface area contributed by atoms with E-state index < -0.39 is 5.79 Å². The van der Waals surface area contributed by atoms with Crippen LogP contribution >= 0.6 is 0 Å². The van der Waals surface area contributed by atoms with Crippen LogP contribution < -0.4 is 4.74 Å². The zero-order valence-electron chi connectivity index (χ0n) is 18.2. The lowest BCUT2D eigenvalue weighted by molar-refractivity contribution is -0.258. The van der Waals surface area contributed by atoms with Crippen molar-refractivity contribution in [3.63, 3.8) is 0 Å². The number of ether oxygens (including phenoxy) is 3. The van der Waals surface area contributed by atoms with Crippen molar-refractivity contribution in [2.75, 3.05) is 27.3 Å². The van der Waals surface area contributed by atoms with Gasteiger partial charge in [0.15, 0.2) is 0 Å². The Morgan fingerprint density at radius 1 is 0.839 bits per heavy atom. The Morgan fingerprint density at radius 3 is 2.16 bits per heavy atom. The number of benzene rings is 3. The molecule has 1 spiro atoms. The van der Waals surface area contributed by atoms with E-state index in [1.165, 1.54) is 11.1 Å². The number of hydrogen-bond acceptors (Lipinski definition) is 4. The highest BCUT2D eigenvalue weighted by Gasteiger charge is 2.55. The van der Waals surface area contributed by atoms with Crippen LogP contribution in [0.5, 0.6) is 5.75 Å². The Morgan fingerprint density at radius 2 is 1.52 bits per heavy atom. The molecule has 1 saturated heterocycles. The topological polar surface area (TPSA) is 30.9 Å². The van der Waals surface area contributed by atoms with Gasteiger partial charge in [-0.05, 0) is 36.1 Å². The fourth-order valence-corrected chi connectivity index (χ4v) is 5.13. The number of likely N-dealkylation sites (tertiary alicyclic amines) is 1. The fourth-order valence-electron chi connectivity index (χ4n) is 5.13. The van der Waals surface area contributed by atoms with E-state index in [0.717, 1.165) is 49.4 Å². The van der Waals surface area contributed by atoms with Gasteiger partial charge in [-0.25, -0.2) is 0 Å². The minimum Gasteiger partial charge on any atom is -0.497 e. The van der Waals surface area contributed by atoms with Crippen molar-refractivity contribution in [1.82, 2.24) is 4.90 Å². The maximum Gasteiger partial charge on any atom is 0.223 e. The molecule has 3 aromatic rings. The molecule has 0 radical (unpaired) electrons. The molecule has 2 aliphatic rings. The predicted octanol–water partition coefficient (Wildman–Crippen LogP) is 5.06. The van der Waals surface area contributed by atoms with Crippen molar-refractivity contribution in [2.24, 2.45) is 0 Å². The zero-order chi connectivity index (χ0) is 21.3. The fraction of sp³-hybridized carbons (Fsp3) is 0.333. The first-order valence-electron chi connectivity index (χ1n) is 11.0. The van der Waals surface area contributed by atoms with Crippen LogP contribution in [0.3, 0.4) is 0 Å². The summed E-state index contributed by atoms with van der Waals surface area (Å²) >= 11 is 0. The van der Waals surface area contributed by atoms with Gasteiger partial charge in [0.05, 0.1) is 7.11 Å². The summed E-state index contributed by atoms with van der Waals surface area (Å²) in [6, 6.07) is 27.2. The molecule has 0 saturated carbocycles. The minimum atomic E-state index is -0.924. The van der Waals surface area contributed by atoms with Gasteiger partial charge in [-0.2, -0.15) is 0 Å². The maximum absolute atomic E-state index is 6.98. The normalized spacial score (nSPS) is 22.4. The molecule has 1 atom stereocenters. The molecule has 4 nitrogen and oxygen atoms in total. The molecule has 2 aliphatic heterocycles. The number of methoxy groups -OCH3 is 2. The monoisotopic (exact) mass is 415 g/mol. The van der Waals surface area contributed by atoms with Gasteiger partial charge in [-0.3, -0.25) is 4.90 Å². The van der Waals surface area contributed by atoms with Gasteiger partial charge in [0.25, 0.3) is 0 Å². The van der Waals surface area contributed by atoms with Crippen LogP contribution in [-0.2, 0) is 27.4 Å². The van der Waals surface area contributed by atoms with E-state index in [-0.39, 0.29) is 5.60 Å². The third kappa shape index (κ3) is 3.45. The van der Waals surface area contributed by atoms with Gasteiger partial charge >= 0.3 is 0 Å². The Hall–Kier alpha value is -2.66. The molecule has 0 amide bonds. The highest BCUT2D eigenvalue weighted by atomic mass is 16.7. The largest absolute Gasteiger partial charge is 0.497 e. The van der Waals surface area contributed by atoms with E-state index in [4.69, 9.17) is 14.2 Å². The molecule has 3 aromatic carbocycles. The Bertz CT molecular complexity index is 1030. The van der Waals surface area contributed by atoms with E-state index in [2.05, 4.69) is 59.5 Å². The smallest absolute Gasteiger partial charge is 0.223 e. The molecule has 1 unspecified atom stereocenters. The van der Waals surface area contributed by atoms with Crippen LogP contribution in [0.4, 0.5) is 0 Å². The number of piperidine rings is 1. The van der Waals surface area contributed by atoms with Gasteiger partial charge in [0.2, 0.25) is 5.79 Å². The second-order valence-electron chi connectivity index (χ2n) is 8.46. The quantitative estimate of drug-likeness (QED) is 0.583. The molecule has 1 fully saturated rings. The van der Waals surface area contributed by atoms with Crippen molar-refractivity contribution >= 4 is 0 Å². The Labute approximate surface area is 184 Å². The lowest BCUT2D eigenvalue weighted by Gasteiger charge is -2.41. The van der Waals surface area contributed by atoms with E-state index in [9.17, 15) is 0 Å². The molecule has 0 bridgehead atoms. The maximum atomic E-state index is 6.98. The first-order chi connectivity index (χ1) is 15.2. The highest BCUT2D eigenvalue weighted by Crippen LogP contribution is 2.55. The number of rotatable bonds is 5. The Balaban J connectivity index is 1.49. The number of hydrogen-bond donors (Lipinski definition) is 0. The van der Waals surface area contributed by atoms with Crippen LogP contribution in [0, 0.1) is 0 Å². The third-order valence-electron chi connectivity index (χ3n) is 6.77. The summed E-state index contributed by atoms with van der Waals surface area (Å²) in [4.78, 5) is 2.52. The predicted molar refractivity (Wildman–Crippen MR) is 121 cm³/mol. The van der Waals surface area contributed by atoms with Gasteiger partial charge in [-0.15, -0.1) is 0 Å². The van der Waals surface area contributed by atoms with Crippen LogP contribution in [-0.4, -0.2) is 32.2 Å². The summed E-state index contributed by atoms with van der Waals surface area (Å²) in [6.07, 6.45) is 1.86. The third-order valence-corrected chi connectivity index (χ3v) is 6.77. The average Bonchev–Trinajstić information content (AvgIpc) is 3.12. The van der Waals surface area contributed by atoms with Crippen molar-refractivity contribution < 1.29 is 14.2 Å². The summed E-state index contributed by atoms with van der Waals surface area (Å²) in [5.74, 6) is -0.106. The van der Waals surface area contributed by atoms with Crippen LogP contribution in [0.15, 0.2) is 78.9 Å². The molecule has 0 aliphatic carbocycles. The van der Waals surface area contributed by atoms with Crippen molar-refractivity contribution in [2.45, 2.75) is 30.8 Å². The molecular weight excluding hydrogens is 386 g/mol. The molecule has 2 heterocycles. The lowest BCUT2D eigenvalue weighted by Crippen LogP contribution is -2.44. The van der Waals surface area contributed by atoms with Gasteiger partial charge < -0.3 is 14.2 Å². The van der Waals surface area contributed by atoms with Crippen molar-refractivity contribution in [3.05, 3.63) is 101 Å². The molecule has 5 rings (SSSR count). The second kappa shape index (κ2) is 8.12. The lowest BCUT2D eigenvalue weighted by atomic mass is 9.82. The first-order valence-corrected chi connectivity index (χ1v) is 11.0. The van der Waals surface area contributed by atoms with Gasteiger partial charge in [0.1, 0.15) is 11.4 Å². The standard InChI is InChI=1S/C27H29NO3/c1-29-23-13-14-24-25(19-23)27(30-2,22-11-7-4-8-12-22)31-26(24)15-17-28(18-16-26)20-21-9-5-3-6-10-21/h3-14,19H,15-18,20H2,1-2H3. The van der Waals surface area contributed by atoms with Crippen molar-refractivity contribution in [1.29, 1.82) is 0 Å². The van der Waals surface area contributed by atoms with Gasteiger partial charge in [-0.1, -0.05) is 66.7 Å². The van der Waals surface area contributed by atoms with E-state index >= 15 is 0 Å². The molecule has 31 heavy (non-hydrogen) atoms. The van der Waals surface area contributed by atoms with Crippen LogP contribution in [0.1, 0.15) is 35.1 Å². The van der Waals surface area contributed by atoms with Crippen molar-refractivity contribution in [3.8, 4) is 5.75 Å². The summed E-state index contributed by atoms with van der Waals surface area (Å²) in [5.41, 5.74) is 4.28. The molecule has 4 heteroatoms. The number of fused-ring (bicyclic) bond motifs is 2. The molecular formula is C27H29NO3. The average molecular weight is 416 g/mol. The summed E-state index contributed by atoms with van der Waals surface area (Å²) in [5, 5.41) is 0. The summed E-state index contributed by atoms with van der Waals surface area (Å²) < 4.78 is 18.7.